The summed E-state index contributed by atoms with van der Waals surface area (Å²) in [6, 6.07) is 12.3. The average Bonchev–Trinajstić information content (AvgIpc) is 3.19. The van der Waals surface area contributed by atoms with Gasteiger partial charge in [-0.05, 0) is 66.2 Å². The Morgan fingerprint density at radius 3 is 2.43 bits per heavy atom. The van der Waals surface area contributed by atoms with Crippen molar-refractivity contribution in [1.82, 2.24) is 20.2 Å². The smallest absolute Gasteiger partial charge is 0.416 e. The Morgan fingerprint density at radius 2 is 1.82 bits per heavy atom. The molecule has 0 fully saturated rings. The summed E-state index contributed by atoms with van der Waals surface area (Å²) >= 11 is 0. The summed E-state index contributed by atoms with van der Waals surface area (Å²) in [7, 11) is 1.59. The minimum absolute atomic E-state index is 0.242. The first-order chi connectivity index (χ1) is 13.3. The molecule has 1 unspecified atom stereocenters. The summed E-state index contributed by atoms with van der Waals surface area (Å²) < 4.78 is 45.7. The van der Waals surface area contributed by atoms with E-state index in [-0.39, 0.29) is 5.69 Å². The molecular weight excluding hydrogens is 371 g/mol. The van der Waals surface area contributed by atoms with Crippen LogP contribution in [-0.4, -0.2) is 27.3 Å². The lowest BCUT2D eigenvalue weighted by Gasteiger charge is -2.29. The van der Waals surface area contributed by atoms with Gasteiger partial charge in [0.15, 0.2) is 5.82 Å². The van der Waals surface area contributed by atoms with E-state index in [1.807, 2.05) is 38.1 Å². The van der Waals surface area contributed by atoms with Gasteiger partial charge in [0.1, 0.15) is 5.75 Å². The highest BCUT2D eigenvalue weighted by molar-refractivity contribution is 5.49. The lowest BCUT2D eigenvalue weighted by Crippen LogP contribution is -2.34. The summed E-state index contributed by atoms with van der Waals surface area (Å²) in [5, 5.41) is 15.1. The van der Waals surface area contributed by atoms with Crippen molar-refractivity contribution in [3.63, 3.8) is 0 Å². The first-order valence-corrected chi connectivity index (χ1v) is 8.65. The van der Waals surface area contributed by atoms with E-state index in [1.165, 1.54) is 10.7 Å². The van der Waals surface area contributed by atoms with Crippen LogP contribution in [0.5, 0.6) is 5.75 Å². The number of ether oxygens (including phenoxy) is 1. The van der Waals surface area contributed by atoms with Gasteiger partial charge in [-0.3, -0.25) is 0 Å². The van der Waals surface area contributed by atoms with Gasteiger partial charge in [0.05, 0.1) is 23.9 Å². The molecule has 0 spiro atoms. The molecule has 1 heterocycles. The van der Waals surface area contributed by atoms with Gasteiger partial charge >= 0.3 is 6.18 Å². The van der Waals surface area contributed by atoms with Crippen LogP contribution in [0.2, 0.25) is 0 Å². The number of halogens is 3. The number of tetrazole rings is 1. The Hall–Kier alpha value is -3.10. The minimum Gasteiger partial charge on any atom is -0.497 e. The lowest BCUT2D eigenvalue weighted by molar-refractivity contribution is -0.137. The van der Waals surface area contributed by atoms with Crippen molar-refractivity contribution in [1.29, 1.82) is 0 Å². The second kappa shape index (κ2) is 7.49. The molecule has 28 heavy (non-hydrogen) atoms. The van der Waals surface area contributed by atoms with E-state index in [2.05, 4.69) is 20.8 Å². The number of alkyl halides is 3. The summed E-state index contributed by atoms with van der Waals surface area (Å²) in [5.74, 6) is 1.13. The average molecular weight is 391 g/mol. The van der Waals surface area contributed by atoms with E-state index < -0.39 is 17.3 Å². The van der Waals surface area contributed by atoms with Gasteiger partial charge in [0, 0.05) is 5.69 Å². The van der Waals surface area contributed by atoms with E-state index in [0.29, 0.717) is 12.2 Å². The van der Waals surface area contributed by atoms with Crippen LogP contribution >= 0.6 is 0 Å². The summed E-state index contributed by atoms with van der Waals surface area (Å²) in [6.07, 6.45) is -3.85. The van der Waals surface area contributed by atoms with Gasteiger partial charge < -0.3 is 10.1 Å². The second-order valence-electron chi connectivity index (χ2n) is 6.50. The van der Waals surface area contributed by atoms with Crippen LogP contribution in [0.1, 0.15) is 31.7 Å². The Kier molecular flexibility index (Phi) is 5.26. The number of aromatic nitrogens is 4. The predicted octanol–water partition coefficient (Wildman–Crippen LogP) is 4.43. The molecule has 0 aliphatic carbocycles. The molecule has 1 atom stereocenters. The monoisotopic (exact) mass is 391 g/mol. The van der Waals surface area contributed by atoms with E-state index in [1.54, 1.807) is 13.2 Å². The molecule has 0 amide bonds. The number of hydrogen-bond acceptors (Lipinski definition) is 5. The SMILES string of the molecule is CCC(C)(Nc1ccc(OC)cc1)c1nnnn1-c1cccc(C(F)(F)F)c1. The highest BCUT2D eigenvalue weighted by atomic mass is 19.4. The molecule has 6 nitrogen and oxygen atoms in total. The molecule has 0 saturated carbocycles. The molecule has 0 radical (unpaired) electrons. The zero-order valence-corrected chi connectivity index (χ0v) is 15.7. The number of hydrogen-bond donors (Lipinski definition) is 1. The van der Waals surface area contributed by atoms with Gasteiger partial charge in [0.25, 0.3) is 0 Å². The third-order valence-electron chi connectivity index (χ3n) is 4.60. The molecule has 148 valence electrons. The van der Waals surface area contributed by atoms with E-state index in [4.69, 9.17) is 4.74 Å². The maximum Gasteiger partial charge on any atom is 0.416 e. The minimum atomic E-state index is -4.44. The number of rotatable bonds is 6. The number of benzene rings is 2. The molecule has 0 aliphatic rings. The van der Waals surface area contributed by atoms with Gasteiger partial charge in [-0.1, -0.05) is 13.0 Å². The summed E-state index contributed by atoms with van der Waals surface area (Å²) in [4.78, 5) is 0. The zero-order valence-electron chi connectivity index (χ0n) is 15.7. The van der Waals surface area contributed by atoms with Gasteiger partial charge in [-0.2, -0.15) is 17.9 Å². The van der Waals surface area contributed by atoms with Crippen molar-refractivity contribution in [3.8, 4) is 11.4 Å². The number of nitrogens with zero attached hydrogens (tertiary/aromatic N) is 4. The fourth-order valence-electron chi connectivity index (χ4n) is 2.81. The molecule has 1 aromatic heterocycles. The normalized spacial score (nSPS) is 13.8. The third kappa shape index (κ3) is 3.92. The Labute approximate surface area is 160 Å². The van der Waals surface area contributed by atoms with E-state index >= 15 is 0 Å². The Balaban J connectivity index is 1.98. The van der Waals surface area contributed by atoms with Crippen molar-refractivity contribution in [2.75, 3.05) is 12.4 Å². The highest BCUT2D eigenvalue weighted by Gasteiger charge is 2.33. The largest absolute Gasteiger partial charge is 0.497 e. The molecule has 3 aromatic rings. The van der Waals surface area contributed by atoms with Crippen LogP contribution < -0.4 is 10.1 Å². The molecule has 0 aliphatic heterocycles. The van der Waals surface area contributed by atoms with Crippen molar-refractivity contribution < 1.29 is 17.9 Å². The van der Waals surface area contributed by atoms with Crippen LogP contribution in [0, 0.1) is 0 Å². The molecule has 9 heteroatoms. The molecule has 1 N–H and O–H groups in total. The number of nitrogens with one attached hydrogen (secondary N) is 1. The maximum atomic E-state index is 13.1. The fourth-order valence-corrected chi connectivity index (χ4v) is 2.81. The van der Waals surface area contributed by atoms with Gasteiger partial charge in [-0.15, -0.1) is 5.10 Å². The Morgan fingerprint density at radius 1 is 1.11 bits per heavy atom. The predicted molar refractivity (Wildman–Crippen MR) is 98.4 cm³/mol. The van der Waals surface area contributed by atoms with Crippen LogP contribution in [-0.2, 0) is 11.7 Å². The van der Waals surface area contributed by atoms with Crippen LogP contribution in [0.3, 0.4) is 0 Å². The number of anilines is 1. The molecular formula is C19H20F3N5O. The molecule has 2 aromatic carbocycles. The first-order valence-electron chi connectivity index (χ1n) is 8.65. The van der Waals surface area contributed by atoms with Crippen molar-refractivity contribution in [2.45, 2.75) is 32.0 Å². The second-order valence-corrected chi connectivity index (χ2v) is 6.50. The third-order valence-corrected chi connectivity index (χ3v) is 4.60. The highest BCUT2D eigenvalue weighted by Crippen LogP contribution is 2.32. The van der Waals surface area contributed by atoms with Crippen molar-refractivity contribution in [3.05, 3.63) is 59.9 Å². The topological polar surface area (TPSA) is 64.9 Å². The molecule has 0 saturated heterocycles. The lowest BCUT2D eigenvalue weighted by atomic mass is 9.97. The van der Waals surface area contributed by atoms with Gasteiger partial charge in [-0.25, -0.2) is 0 Å². The van der Waals surface area contributed by atoms with E-state index in [0.717, 1.165) is 23.6 Å². The fraction of sp³-hybridized carbons (Fsp3) is 0.316. The van der Waals surface area contributed by atoms with Crippen LogP contribution in [0.15, 0.2) is 48.5 Å². The number of methoxy groups -OCH3 is 1. The van der Waals surface area contributed by atoms with E-state index in [9.17, 15) is 13.2 Å². The summed E-state index contributed by atoms with van der Waals surface area (Å²) in [6.45, 7) is 3.84. The van der Waals surface area contributed by atoms with Gasteiger partial charge in [0.2, 0.25) is 0 Å². The standard InChI is InChI=1S/C19H20F3N5O/c1-4-18(2,23-14-8-10-16(28-3)11-9-14)17-24-25-26-27(17)15-7-5-6-13(12-15)19(20,21)22/h5-12,23H,4H2,1-3H3. The zero-order chi connectivity index (χ0) is 20.4. The van der Waals surface area contributed by atoms with Crippen molar-refractivity contribution in [2.24, 2.45) is 0 Å². The quantitative estimate of drug-likeness (QED) is 0.674. The maximum absolute atomic E-state index is 13.1. The Bertz CT molecular complexity index is 939. The van der Waals surface area contributed by atoms with Crippen LogP contribution in [0.25, 0.3) is 5.69 Å². The first kappa shape index (κ1) is 19.7. The molecule has 3 rings (SSSR count). The summed E-state index contributed by atoms with van der Waals surface area (Å²) in [5.41, 5.74) is -0.422. The van der Waals surface area contributed by atoms with Crippen molar-refractivity contribution >= 4 is 5.69 Å². The molecule has 0 bridgehead atoms. The van der Waals surface area contributed by atoms with Crippen LogP contribution in [0.4, 0.5) is 18.9 Å².